The summed E-state index contributed by atoms with van der Waals surface area (Å²) >= 11 is 0. The minimum absolute atomic E-state index is 0.248. The third-order valence-electron chi connectivity index (χ3n) is 2.12. The maximum absolute atomic E-state index is 10.8. The van der Waals surface area contributed by atoms with Crippen LogP contribution in [0.2, 0.25) is 0 Å². The van der Waals surface area contributed by atoms with Gasteiger partial charge in [-0.2, -0.15) is 0 Å². The Labute approximate surface area is 85.6 Å². The number of methoxy groups -OCH3 is 1. The molecule has 0 aliphatic heterocycles. The Hall–Kier alpha value is -0.610. The van der Waals surface area contributed by atoms with Gasteiger partial charge in [-0.25, -0.2) is 0 Å². The molecule has 0 saturated heterocycles. The van der Waals surface area contributed by atoms with Crippen LogP contribution in [0.25, 0.3) is 0 Å². The first-order valence-corrected chi connectivity index (χ1v) is 5.09. The van der Waals surface area contributed by atoms with Gasteiger partial charge in [-0.1, -0.05) is 13.3 Å². The lowest BCUT2D eigenvalue weighted by molar-refractivity contribution is -0.140. The molecule has 0 heterocycles. The molecule has 0 rings (SSSR count). The lowest BCUT2D eigenvalue weighted by atomic mass is 10.1. The van der Waals surface area contributed by atoms with Crippen molar-refractivity contribution >= 4 is 5.97 Å². The molecule has 4 heteroatoms. The largest absolute Gasteiger partial charge is 0.480 e. The van der Waals surface area contributed by atoms with Crippen LogP contribution in [0.1, 0.15) is 33.1 Å². The van der Waals surface area contributed by atoms with Crippen LogP contribution in [0, 0.1) is 0 Å². The zero-order valence-corrected chi connectivity index (χ0v) is 9.25. The van der Waals surface area contributed by atoms with Crippen LogP contribution in [0.3, 0.4) is 0 Å². The number of ether oxygens (including phenoxy) is 1. The quantitative estimate of drug-likeness (QED) is 0.623. The summed E-state index contributed by atoms with van der Waals surface area (Å²) in [4.78, 5) is 10.8. The molecule has 0 radical (unpaired) electrons. The molecule has 0 amide bonds. The van der Waals surface area contributed by atoms with Crippen LogP contribution in [0.15, 0.2) is 0 Å². The zero-order chi connectivity index (χ0) is 11.0. The molecule has 0 bridgehead atoms. The Morgan fingerprint density at radius 3 is 2.57 bits per heavy atom. The summed E-state index contributed by atoms with van der Waals surface area (Å²) in [7, 11) is 1.58. The van der Waals surface area contributed by atoms with Gasteiger partial charge in [0.15, 0.2) is 0 Å². The molecule has 2 N–H and O–H groups in total. The number of carbonyl (C=O) groups is 1. The first-order chi connectivity index (χ1) is 6.61. The Kier molecular flexibility index (Phi) is 7.42. The summed E-state index contributed by atoms with van der Waals surface area (Å²) in [5.74, 6) is -0.801. The maximum Gasteiger partial charge on any atom is 0.320 e. The van der Waals surface area contributed by atoms with Gasteiger partial charge in [0.2, 0.25) is 0 Å². The molecular formula is C10H21NO3. The number of hydrogen-bond donors (Lipinski definition) is 2. The fourth-order valence-corrected chi connectivity index (χ4v) is 1.37. The summed E-state index contributed by atoms with van der Waals surface area (Å²) in [6.45, 7) is 4.57. The van der Waals surface area contributed by atoms with Crippen molar-refractivity contribution in [2.45, 2.75) is 45.2 Å². The van der Waals surface area contributed by atoms with Gasteiger partial charge in [0, 0.05) is 19.8 Å². The first kappa shape index (κ1) is 13.4. The summed E-state index contributed by atoms with van der Waals surface area (Å²) in [6, 6.07) is -0.241. The minimum Gasteiger partial charge on any atom is -0.480 e. The predicted molar refractivity (Wildman–Crippen MR) is 55.4 cm³/mol. The highest BCUT2D eigenvalue weighted by Crippen LogP contribution is 2.00. The van der Waals surface area contributed by atoms with Gasteiger partial charge in [-0.05, 0) is 19.8 Å². The van der Waals surface area contributed by atoms with Crippen molar-refractivity contribution in [1.82, 2.24) is 5.32 Å². The van der Waals surface area contributed by atoms with Gasteiger partial charge in [-0.15, -0.1) is 0 Å². The molecule has 0 aromatic carbocycles. The smallest absolute Gasteiger partial charge is 0.320 e. The van der Waals surface area contributed by atoms with E-state index in [4.69, 9.17) is 9.84 Å². The summed E-state index contributed by atoms with van der Waals surface area (Å²) < 4.78 is 4.86. The van der Waals surface area contributed by atoms with Gasteiger partial charge in [0.25, 0.3) is 0 Å². The summed E-state index contributed by atoms with van der Waals surface area (Å²) in [6.07, 6.45) is 2.57. The Bertz CT molecular complexity index is 161. The molecular weight excluding hydrogens is 182 g/mol. The van der Waals surface area contributed by atoms with E-state index >= 15 is 0 Å². The molecule has 0 aromatic rings. The third kappa shape index (κ3) is 5.94. The second-order valence-electron chi connectivity index (χ2n) is 3.53. The van der Waals surface area contributed by atoms with Gasteiger partial charge in [0.05, 0.1) is 0 Å². The highest BCUT2D eigenvalue weighted by molar-refractivity contribution is 5.73. The third-order valence-corrected chi connectivity index (χ3v) is 2.12. The van der Waals surface area contributed by atoms with Crippen LogP contribution in [-0.2, 0) is 9.53 Å². The fraction of sp³-hybridized carbons (Fsp3) is 0.900. The van der Waals surface area contributed by atoms with Crippen LogP contribution in [0.4, 0.5) is 0 Å². The van der Waals surface area contributed by atoms with Crippen molar-refractivity contribution in [1.29, 1.82) is 0 Å². The van der Waals surface area contributed by atoms with Crippen molar-refractivity contribution < 1.29 is 14.6 Å². The van der Waals surface area contributed by atoms with Crippen LogP contribution in [0.5, 0.6) is 0 Å². The molecule has 2 unspecified atom stereocenters. The number of carboxylic acid groups (broad SMARTS) is 1. The maximum atomic E-state index is 10.8. The average Bonchev–Trinajstić information content (AvgIpc) is 2.12. The first-order valence-electron chi connectivity index (χ1n) is 5.09. The average molecular weight is 203 g/mol. The molecule has 0 aliphatic carbocycles. The van der Waals surface area contributed by atoms with E-state index in [0.29, 0.717) is 13.0 Å². The van der Waals surface area contributed by atoms with E-state index in [1.54, 1.807) is 7.11 Å². The van der Waals surface area contributed by atoms with E-state index < -0.39 is 12.0 Å². The molecule has 14 heavy (non-hydrogen) atoms. The lowest BCUT2D eigenvalue weighted by Crippen LogP contribution is -2.42. The van der Waals surface area contributed by atoms with Gasteiger partial charge < -0.3 is 15.2 Å². The second-order valence-corrected chi connectivity index (χ2v) is 3.53. The van der Waals surface area contributed by atoms with Crippen LogP contribution < -0.4 is 5.32 Å². The molecule has 2 atom stereocenters. The fourth-order valence-electron chi connectivity index (χ4n) is 1.37. The van der Waals surface area contributed by atoms with E-state index in [9.17, 15) is 4.79 Å². The number of nitrogens with one attached hydrogen (secondary N) is 1. The highest BCUT2D eigenvalue weighted by atomic mass is 16.5. The Morgan fingerprint density at radius 1 is 1.50 bits per heavy atom. The second kappa shape index (κ2) is 7.76. The van der Waals surface area contributed by atoms with E-state index in [0.717, 1.165) is 12.8 Å². The predicted octanol–water partition coefficient (Wildman–Crippen LogP) is 1.25. The molecule has 84 valence electrons. The minimum atomic E-state index is -0.801. The molecule has 0 saturated carbocycles. The summed E-state index contributed by atoms with van der Waals surface area (Å²) in [5.41, 5.74) is 0. The van der Waals surface area contributed by atoms with E-state index in [2.05, 4.69) is 12.2 Å². The highest BCUT2D eigenvalue weighted by Gasteiger charge is 2.18. The van der Waals surface area contributed by atoms with E-state index in [1.807, 2.05) is 6.92 Å². The molecule has 0 fully saturated rings. The SMILES string of the molecule is CCCC(C)NC(CCOC)C(=O)O. The van der Waals surface area contributed by atoms with Gasteiger partial charge in [0.1, 0.15) is 6.04 Å². The van der Waals surface area contributed by atoms with E-state index in [-0.39, 0.29) is 6.04 Å². The summed E-state index contributed by atoms with van der Waals surface area (Å²) in [5, 5.41) is 12.0. The Morgan fingerprint density at radius 2 is 2.14 bits per heavy atom. The number of carboxylic acids is 1. The van der Waals surface area contributed by atoms with Crippen molar-refractivity contribution in [3.05, 3.63) is 0 Å². The lowest BCUT2D eigenvalue weighted by Gasteiger charge is -2.19. The van der Waals surface area contributed by atoms with Crippen molar-refractivity contribution in [3.8, 4) is 0 Å². The standard InChI is InChI=1S/C10H21NO3/c1-4-5-8(2)11-9(10(12)13)6-7-14-3/h8-9,11H,4-7H2,1-3H3,(H,12,13). The number of aliphatic carboxylic acids is 1. The number of hydrogen-bond acceptors (Lipinski definition) is 3. The van der Waals surface area contributed by atoms with E-state index in [1.165, 1.54) is 0 Å². The van der Waals surface area contributed by atoms with Crippen LogP contribution >= 0.6 is 0 Å². The number of rotatable bonds is 8. The monoisotopic (exact) mass is 203 g/mol. The van der Waals surface area contributed by atoms with Gasteiger partial charge >= 0.3 is 5.97 Å². The van der Waals surface area contributed by atoms with Crippen LogP contribution in [-0.4, -0.2) is 36.9 Å². The molecule has 4 nitrogen and oxygen atoms in total. The normalized spacial score (nSPS) is 15.1. The Balaban J connectivity index is 3.89. The molecule has 0 aromatic heterocycles. The van der Waals surface area contributed by atoms with Gasteiger partial charge in [-0.3, -0.25) is 4.79 Å². The van der Waals surface area contributed by atoms with Crippen molar-refractivity contribution in [2.24, 2.45) is 0 Å². The topological polar surface area (TPSA) is 58.6 Å². The van der Waals surface area contributed by atoms with Crippen molar-refractivity contribution in [2.75, 3.05) is 13.7 Å². The molecule has 0 spiro atoms. The molecule has 0 aliphatic rings. The van der Waals surface area contributed by atoms with Crippen molar-refractivity contribution in [3.63, 3.8) is 0 Å². The zero-order valence-electron chi connectivity index (χ0n) is 9.25.